The largest absolute Gasteiger partial charge is 0.391 e. The van der Waals surface area contributed by atoms with Gasteiger partial charge in [0.1, 0.15) is 6.04 Å². The van der Waals surface area contributed by atoms with Crippen LogP contribution in [0.25, 0.3) is 0 Å². The van der Waals surface area contributed by atoms with Crippen LogP contribution in [0.1, 0.15) is 33.1 Å². The maximum Gasteiger partial charge on any atom is 0.241 e. The van der Waals surface area contributed by atoms with Crippen LogP contribution >= 0.6 is 0 Å². The van der Waals surface area contributed by atoms with Gasteiger partial charge in [-0.05, 0) is 24.8 Å². The third kappa shape index (κ3) is 2.74. The van der Waals surface area contributed by atoms with E-state index in [1.165, 1.54) is 4.90 Å². The molecular formula is C13H23N3O3. The van der Waals surface area contributed by atoms with Crippen LogP contribution in [0.5, 0.6) is 0 Å². The van der Waals surface area contributed by atoms with Crippen LogP contribution in [0.4, 0.5) is 0 Å². The van der Waals surface area contributed by atoms with Crippen molar-refractivity contribution in [3.8, 4) is 0 Å². The number of hydrogen-bond donors (Lipinski definition) is 3. The molecule has 0 saturated carbocycles. The van der Waals surface area contributed by atoms with Crippen LogP contribution in [0.2, 0.25) is 0 Å². The summed E-state index contributed by atoms with van der Waals surface area (Å²) in [6, 6.07) is -0.990. The van der Waals surface area contributed by atoms with Crippen LogP contribution < -0.4 is 11.1 Å². The number of primary amides is 1. The Bertz CT molecular complexity index is 383. The first-order valence-corrected chi connectivity index (χ1v) is 6.84. The third-order valence-electron chi connectivity index (χ3n) is 4.27. The van der Waals surface area contributed by atoms with Gasteiger partial charge in [-0.1, -0.05) is 13.8 Å². The third-order valence-corrected chi connectivity index (χ3v) is 4.27. The van der Waals surface area contributed by atoms with Crippen LogP contribution in [0.3, 0.4) is 0 Å². The number of hydrogen-bond acceptors (Lipinski definition) is 4. The van der Waals surface area contributed by atoms with Gasteiger partial charge in [0, 0.05) is 13.0 Å². The molecule has 3 atom stereocenters. The van der Waals surface area contributed by atoms with Crippen molar-refractivity contribution in [3.05, 3.63) is 0 Å². The monoisotopic (exact) mass is 269 g/mol. The van der Waals surface area contributed by atoms with Gasteiger partial charge in [0.2, 0.25) is 11.8 Å². The van der Waals surface area contributed by atoms with E-state index in [4.69, 9.17) is 5.73 Å². The first-order valence-electron chi connectivity index (χ1n) is 6.84. The van der Waals surface area contributed by atoms with Gasteiger partial charge >= 0.3 is 0 Å². The molecule has 19 heavy (non-hydrogen) atoms. The summed E-state index contributed by atoms with van der Waals surface area (Å²) in [5.41, 5.74) is 5.17. The quantitative estimate of drug-likeness (QED) is 0.612. The first-order chi connectivity index (χ1) is 8.83. The van der Waals surface area contributed by atoms with Crippen molar-refractivity contribution in [2.75, 3.05) is 13.1 Å². The molecule has 2 aliphatic rings. The molecule has 0 spiro atoms. The highest BCUT2D eigenvalue weighted by Gasteiger charge is 2.45. The molecular weight excluding hydrogens is 246 g/mol. The van der Waals surface area contributed by atoms with Crippen molar-refractivity contribution in [1.82, 2.24) is 10.2 Å². The standard InChI is InChI=1S/C13H23N3O3/c1-13(2)4-3-5-15-10(13)12(19)16-7-8(17)6-9(16)11(14)18/h8-10,15,17H,3-7H2,1-2H3,(H2,14,18). The maximum atomic E-state index is 12.6. The zero-order valence-corrected chi connectivity index (χ0v) is 11.6. The zero-order valence-electron chi connectivity index (χ0n) is 11.6. The smallest absolute Gasteiger partial charge is 0.241 e. The Morgan fingerprint density at radius 1 is 1.42 bits per heavy atom. The Balaban J connectivity index is 2.16. The molecule has 0 aromatic carbocycles. The topological polar surface area (TPSA) is 95.7 Å². The van der Waals surface area contributed by atoms with Gasteiger partial charge in [-0.25, -0.2) is 0 Å². The Hall–Kier alpha value is -1.14. The maximum absolute atomic E-state index is 12.6. The number of piperidine rings is 1. The molecule has 3 unspecified atom stereocenters. The lowest BCUT2D eigenvalue weighted by atomic mass is 9.77. The molecule has 4 N–H and O–H groups in total. The van der Waals surface area contributed by atoms with Crippen LogP contribution in [0, 0.1) is 5.41 Å². The molecule has 2 aliphatic heterocycles. The molecule has 108 valence electrons. The summed E-state index contributed by atoms with van der Waals surface area (Å²) >= 11 is 0. The van der Waals surface area contributed by atoms with Gasteiger partial charge in [0.25, 0.3) is 0 Å². The average molecular weight is 269 g/mol. The zero-order chi connectivity index (χ0) is 14.2. The van der Waals surface area contributed by atoms with Gasteiger partial charge in [-0.15, -0.1) is 0 Å². The number of nitrogens with zero attached hydrogens (tertiary/aromatic N) is 1. The molecule has 2 saturated heterocycles. The lowest BCUT2D eigenvalue weighted by Crippen LogP contribution is -2.58. The number of amides is 2. The van der Waals surface area contributed by atoms with E-state index >= 15 is 0 Å². The molecule has 6 nitrogen and oxygen atoms in total. The molecule has 6 heteroatoms. The molecule has 0 bridgehead atoms. The highest BCUT2D eigenvalue weighted by molar-refractivity contribution is 5.90. The van der Waals surface area contributed by atoms with Crippen molar-refractivity contribution in [2.45, 2.75) is 51.3 Å². The fraction of sp³-hybridized carbons (Fsp3) is 0.846. The van der Waals surface area contributed by atoms with E-state index in [1.54, 1.807) is 0 Å². The number of β-amino-alcohol motifs (C(OH)–C–C–N with tert-alkyl or cyclic N) is 1. The summed E-state index contributed by atoms with van der Waals surface area (Å²) in [4.78, 5) is 25.5. The number of carbonyl (C=O) groups is 2. The fourth-order valence-corrected chi connectivity index (χ4v) is 3.13. The summed E-state index contributed by atoms with van der Waals surface area (Å²) in [7, 11) is 0. The van der Waals surface area contributed by atoms with E-state index in [1.807, 2.05) is 13.8 Å². The lowest BCUT2D eigenvalue weighted by molar-refractivity contribution is -0.142. The number of rotatable bonds is 2. The van der Waals surface area contributed by atoms with Gasteiger partial charge in [0.05, 0.1) is 12.1 Å². The Morgan fingerprint density at radius 3 is 2.68 bits per heavy atom. The van der Waals surface area contributed by atoms with Crippen molar-refractivity contribution in [2.24, 2.45) is 11.1 Å². The van der Waals surface area contributed by atoms with Gasteiger partial charge in [0.15, 0.2) is 0 Å². The second-order valence-corrected chi connectivity index (χ2v) is 6.28. The van der Waals surface area contributed by atoms with Crippen molar-refractivity contribution < 1.29 is 14.7 Å². The van der Waals surface area contributed by atoms with Crippen molar-refractivity contribution >= 4 is 11.8 Å². The van der Waals surface area contributed by atoms with Crippen molar-refractivity contribution in [3.63, 3.8) is 0 Å². The second-order valence-electron chi connectivity index (χ2n) is 6.28. The average Bonchev–Trinajstić information content (AvgIpc) is 2.70. The highest BCUT2D eigenvalue weighted by Crippen LogP contribution is 2.32. The van der Waals surface area contributed by atoms with Crippen LogP contribution in [-0.2, 0) is 9.59 Å². The van der Waals surface area contributed by atoms with E-state index in [-0.39, 0.29) is 30.3 Å². The fourth-order valence-electron chi connectivity index (χ4n) is 3.13. The summed E-state index contributed by atoms with van der Waals surface area (Å²) in [5.74, 6) is -0.663. The molecule has 0 aromatic heterocycles. The van der Waals surface area contributed by atoms with Gasteiger partial charge in [-0.2, -0.15) is 0 Å². The summed E-state index contributed by atoms with van der Waals surface area (Å²) in [6.45, 7) is 5.10. The van der Waals surface area contributed by atoms with Gasteiger partial charge < -0.3 is 21.1 Å². The lowest BCUT2D eigenvalue weighted by Gasteiger charge is -2.40. The number of nitrogens with one attached hydrogen (secondary N) is 1. The number of aliphatic hydroxyl groups is 1. The number of likely N-dealkylation sites (tertiary alicyclic amines) is 1. The van der Waals surface area contributed by atoms with E-state index in [0.29, 0.717) is 0 Å². The minimum absolute atomic E-state index is 0.120. The number of aliphatic hydroxyl groups excluding tert-OH is 1. The van der Waals surface area contributed by atoms with Crippen molar-refractivity contribution in [1.29, 1.82) is 0 Å². The Kier molecular flexibility index (Phi) is 3.82. The van der Waals surface area contributed by atoms with Gasteiger partial charge in [-0.3, -0.25) is 9.59 Å². The molecule has 2 heterocycles. The molecule has 0 aromatic rings. The predicted octanol–water partition coefficient (Wildman–Crippen LogP) is -0.788. The first kappa shape index (κ1) is 14.3. The number of nitrogens with two attached hydrogens (primary N) is 1. The van der Waals surface area contributed by atoms with E-state index in [9.17, 15) is 14.7 Å². The van der Waals surface area contributed by atoms with E-state index in [2.05, 4.69) is 5.32 Å². The number of carbonyl (C=O) groups excluding carboxylic acids is 2. The Labute approximate surface area is 113 Å². The SMILES string of the molecule is CC1(C)CCCNC1C(=O)N1CC(O)CC1C(N)=O. The molecule has 2 fully saturated rings. The van der Waals surface area contributed by atoms with E-state index < -0.39 is 18.1 Å². The highest BCUT2D eigenvalue weighted by atomic mass is 16.3. The normalized spacial score (nSPS) is 34.3. The van der Waals surface area contributed by atoms with Crippen LogP contribution in [0.15, 0.2) is 0 Å². The minimum atomic E-state index is -0.679. The second kappa shape index (κ2) is 5.09. The summed E-state index contributed by atoms with van der Waals surface area (Å²) in [6.07, 6.45) is 1.59. The van der Waals surface area contributed by atoms with Crippen LogP contribution in [-0.4, -0.2) is 53.1 Å². The minimum Gasteiger partial charge on any atom is -0.391 e. The molecule has 0 aliphatic carbocycles. The predicted molar refractivity (Wildman–Crippen MR) is 70.1 cm³/mol. The molecule has 2 amide bonds. The molecule has 0 radical (unpaired) electrons. The summed E-state index contributed by atoms with van der Waals surface area (Å²) < 4.78 is 0. The molecule has 2 rings (SSSR count). The van der Waals surface area contributed by atoms with E-state index in [0.717, 1.165) is 19.4 Å². The Morgan fingerprint density at radius 2 is 2.11 bits per heavy atom. The summed E-state index contributed by atoms with van der Waals surface area (Å²) in [5, 5.41) is 12.9.